The van der Waals surface area contributed by atoms with E-state index in [-0.39, 0.29) is 21.2 Å². The number of para-hydroxylation sites is 1. The van der Waals surface area contributed by atoms with Gasteiger partial charge < -0.3 is 0 Å². The average molecular weight is 418 g/mol. The van der Waals surface area contributed by atoms with Gasteiger partial charge in [-0.3, -0.25) is 9.52 Å². The van der Waals surface area contributed by atoms with E-state index in [1.165, 1.54) is 24.3 Å². The number of nitrogens with zero attached hydrogens (tertiary/aromatic N) is 1. The molecule has 146 valence electrons. The summed E-state index contributed by atoms with van der Waals surface area (Å²) < 4.78 is 27.7. The number of nitrogens with one attached hydrogen (secondary N) is 2. The largest absolute Gasteiger partial charge is 0.278 e. The number of carbonyl (C=O) groups excluding carboxylic acids is 1. The summed E-state index contributed by atoms with van der Waals surface area (Å²) in [7, 11) is -3.89. The molecule has 0 unspecified atom stereocenters. The Morgan fingerprint density at radius 2 is 1.96 bits per heavy atom. The number of anilines is 1. The number of allylic oxidation sites excluding steroid dienone is 2. The van der Waals surface area contributed by atoms with Crippen LogP contribution in [0.15, 0.2) is 70.7 Å². The van der Waals surface area contributed by atoms with Gasteiger partial charge in [-0.15, -0.1) is 0 Å². The first-order valence-electron chi connectivity index (χ1n) is 8.81. The van der Waals surface area contributed by atoms with Crippen molar-refractivity contribution in [3.63, 3.8) is 0 Å². The van der Waals surface area contributed by atoms with Gasteiger partial charge in [0.1, 0.15) is 0 Å². The first-order valence-corrected chi connectivity index (χ1v) is 10.7. The van der Waals surface area contributed by atoms with Crippen molar-refractivity contribution in [1.29, 1.82) is 0 Å². The van der Waals surface area contributed by atoms with Crippen LogP contribution in [0.4, 0.5) is 5.69 Å². The van der Waals surface area contributed by atoms with E-state index in [0.717, 1.165) is 19.3 Å². The van der Waals surface area contributed by atoms with Gasteiger partial charge in [-0.05, 0) is 55.5 Å². The smallest absolute Gasteiger partial charge is 0.271 e. The molecule has 0 saturated carbocycles. The summed E-state index contributed by atoms with van der Waals surface area (Å²) in [5, 5.41) is 4.29. The van der Waals surface area contributed by atoms with E-state index in [0.29, 0.717) is 5.92 Å². The Kier molecular flexibility index (Phi) is 6.49. The minimum atomic E-state index is -3.89. The Balaban J connectivity index is 1.70. The van der Waals surface area contributed by atoms with Crippen LogP contribution in [-0.4, -0.2) is 20.5 Å². The van der Waals surface area contributed by atoms with Gasteiger partial charge in [0.25, 0.3) is 15.9 Å². The zero-order valence-corrected chi connectivity index (χ0v) is 16.6. The highest BCUT2D eigenvalue weighted by atomic mass is 35.5. The zero-order chi connectivity index (χ0) is 20.0. The van der Waals surface area contributed by atoms with Crippen molar-refractivity contribution in [2.75, 3.05) is 4.72 Å². The molecule has 0 saturated heterocycles. The van der Waals surface area contributed by atoms with Crippen LogP contribution in [0.25, 0.3) is 0 Å². The van der Waals surface area contributed by atoms with E-state index < -0.39 is 15.9 Å². The number of hydrogen-bond acceptors (Lipinski definition) is 4. The van der Waals surface area contributed by atoms with E-state index in [9.17, 15) is 13.2 Å². The minimum absolute atomic E-state index is 0.0403. The minimum Gasteiger partial charge on any atom is -0.278 e. The summed E-state index contributed by atoms with van der Waals surface area (Å²) in [5.41, 5.74) is 2.92. The molecule has 0 aromatic heterocycles. The topological polar surface area (TPSA) is 87.6 Å². The van der Waals surface area contributed by atoms with Crippen molar-refractivity contribution in [2.45, 2.75) is 24.2 Å². The molecule has 8 heteroatoms. The normalized spacial score (nSPS) is 16.8. The summed E-state index contributed by atoms with van der Waals surface area (Å²) >= 11 is 6.01. The number of rotatable bonds is 6. The molecule has 0 bridgehead atoms. The highest BCUT2D eigenvalue weighted by molar-refractivity contribution is 7.92. The molecule has 3 rings (SSSR count). The third-order valence-corrected chi connectivity index (χ3v) is 5.98. The van der Waals surface area contributed by atoms with Crippen LogP contribution in [-0.2, 0) is 10.0 Å². The SMILES string of the molecule is O=C(N/N=C\[C@H]1CC=CCC1)c1cccc(S(=O)(=O)Nc2ccccc2Cl)c1. The predicted octanol–water partition coefficient (Wildman–Crippen LogP) is 4.21. The number of benzene rings is 2. The Labute approximate surface area is 169 Å². The third-order valence-electron chi connectivity index (χ3n) is 4.29. The van der Waals surface area contributed by atoms with E-state index in [2.05, 4.69) is 27.4 Å². The van der Waals surface area contributed by atoms with Crippen molar-refractivity contribution >= 4 is 39.4 Å². The summed E-state index contributed by atoms with van der Waals surface area (Å²) in [6.07, 6.45) is 8.86. The maximum Gasteiger partial charge on any atom is 0.271 e. The number of amides is 1. The van der Waals surface area contributed by atoms with Crippen molar-refractivity contribution in [2.24, 2.45) is 11.0 Å². The van der Waals surface area contributed by atoms with Crippen LogP contribution < -0.4 is 10.1 Å². The Morgan fingerprint density at radius 1 is 1.14 bits per heavy atom. The average Bonchev–Trinajstić information content (AvgIpc) is 2.70. The lowest BCUT2D eigenvalue weighted by atomic mass is 9.96. The van der Waals surface area contributed by atoms with Crippen LogP contribution in [0.3, 0.4) is 0 Å². The molecule has 1 amide bonds. The summed E-state index contributed by atoms with van der Waals surface area (Å²) in [6, 6.07) is 12.3. The van der Waals surface area contributed by atoms with Crippen molar-refractivity contribution < 1.29 is 13.2 Å². The molecule has 2 N–H and O–H groups in total. The lowest BCUT2D eigenvalue weighted by molar-refractivity contribution is 0.0954. The molecule has 0 heterocycles. The van der Waals surface area contributed by atoms with Gasteiger partial charge in [-0.1, -0.05) is 42.0 Å². The molecule has 0 spiro atoms. The molecule has 28 heavy (non-hydrogen) atoms. The molecular weight excluding hydrogens is 398 g/mol. The molecule has 1 atom stereocenters. The lowest BCUT2D eigenvalue weighted by Crippen LogP contribution is -2.20. The number of hydrogen-bond donors (Lipinski definition) is 2. The van der Waals surface area contributed by atoms with Gasteiger partial charge in [0.05, 0.1) is 15.6 Å². The maximum atomic E-state index is 12.6. The molecule has 2 aromatic rings. The number of sulfonamides is 1. The predicted molar refractivity (Wildman–Crippen MR) is 111 cm³/mol. The molecule has 0 radical (unpaired) electrons. The molecule has 0 fully saturated rings. The van der Waals surface area contributed by atoms with Crippen molar-refractivity contribution in [1.82, 2.24) is 5.43 Å². The van der Waals surface area contributed by atoms with Crippen LogP contribution in [0.1, 0.15) is 29.6 Å². The fourth-order valence-electron chi connectivity index (χ4n) is 2.77. The molecule has 6 nitrogen and oxygen atoms in total. The highest BCUT2D eigenvalue weighted by Crippen LogP contribution is 2.24. The Bertz CT molecular complexity index is 1020. The van der Waals surface area contributed by atoms with Gasteiger partial charge in [0.15, 0.2) is 0 Å². The summed E-state index contributed by atoms with van der Waals surface area (Å²) in [5.74, 6) is -0.172. The van der Waals surface area contributed by atoms with Gasteiger partial charge in [0, 0.05) is 11.8 Å². The van der Waals surface area contributed by atoms with Crippen LogP contribution in [0, 0.1) is 5.92 Å². The second-order valence-electron chi connectivity index (χ2n) is 6.38. The van der Waals surface area contributed by atoms with E-state index in [1.807, 2.05) is 0 Å². The van der Waals surface area contributed by atoms with E-state index in [1.54, 1.807) is 30.5 Å². The fourth-order valence-corrected chi connectivity index (χ4v) is 4.13. The Hall–Kier alpha value is -2.64. The molecule has 1 aliphatic carbocycles. The van der Waals surface area contributed by atoms with Gasteiger partial charge in [0.2, 0.25) is 0 Å². The quantitative estimate of drug-likeness (QED) is 0.419. The first-order chi connectivity index (χ1) is 13.5. The first kappa shape index (κ1) is 20.1. The number of hydrazone groups is 1. The van der Waals surface area contributed by atoms with Crippen molar-refractivity contribution in [3.8, 4) is 0 Å². The van der Waals surface area contributed by atoms with Gasteiger partial charge in [-0.2, -0.15) is 5.10 Å². The number of carbonyl (C=O) groups is 1. The monoisotopic (exact) mass is 417 g/mol. The lowest BCUT2D eigenvalue weighted by Gasteiger charge is -2.12. The molecule has 0 aliphatic heterocycles. The molecule has 1 aliphatic rings. The second-order valence-corrected chi connectivity index (χ2v) is 8.47. The van der Waals surface area contributed by atoms with Crippen LogP contribution >= 0.6 is 11.6 Å². The second kappa shape index (κ2) is 9.03. The summed E-state index contributed by atoms with van der Waals surface area (Å²) in [4.78, 5) is 12.3. The number of halogens is 1. The standard InChI is InChI=1S/C20H20ClN3O3S/c21-18-11-4-5-12-19(18)24-28(26,27)17-10-6-9-16(13-17)20(25)23-22-14-15-7-2-1-3-8-15/h1-2,4-6,9-15,24H,3,7-8H2,(H,23,25)/b22-14-/t15-/m0/s1. The molecular formula is C20H20ClN3O3S. The zero-order valence-electron chi connectivity index (χ0n) is 15.0. The van der Waals surface area contributed by atoms with E-state index >= 15 is 0 Å². The fraction of sp³-hybridized carbons (Fsp3) is 0.200. The third kappa shape index (κ3) is 5.21. The summed E-state index contributed by atoms with van der Waals surface area (Å²) in [6.45, 7) is 0. The maximum absolute atomic E-state index is 12.6. The molecule has 2 aromatic carbocycles. The highest BCUT2D eigenvalue weighted by Gasteiger charge is 2.17. The van der Waals surface area contributed by atoms with Gasteiger partial charge in [-0.25, -0.2) is 13.8 Å². The van der Waals surface area contributed by atoms with E-state index in [4.69, 9.17) is 11.6 Å². The van der Waals surface area contributed by atoms with Gasteiger partial charge >= 0.3 is 0 Å². The van der Waals surface area contributed by atoms with Crippen LogP contribution in [0.5, 0.6) is 0 Å². The van der Waals surface area contributed by atoms with Crippen LogP contribution in [0.2, 0.25) is 5.02 Å². The van der Waals surface area contributed by atoms with Crippen molar-refractivity contribution in [3.05, 3.63) is 71.3 Å². The Morgan fingerprint density at radius 3 is 2.71 bits per heavy atom.